The molecule has 0 saturated heterocycles. The van der Waals surface area contributed by atoms with Gasteiger partial charge in [0.05, 0.1) is 10.5 Å². The summed E-state index contributed by atoms with van der Waals surface area (Å²) in [7, 11) is 0. The SMILES string of the molecule is NC1(C(=O)Nc2cccs2)CC1. The Balaban J connectivity index is 2.00. The van der Waals surface area contributed by atoms with Crippen LogP contribution in [0.3, 0.4) is 0 Å². The molecule has 4 heteroatoms. The molecule has 0 radical (unpaired) electrons. The van der Waals surface area contributed by atoms with E-state index in [1.165, 1.54) is 11.3 Å². The molecule has 1 saturated carbocycles. The van der Waals surface area contributed by atoms with Crippen LogP contribution in [0.2, 0.25) is 0 Å². The summed E-state index contributed by atoms with van der Waals surface area (Å²) in [4.78, 5) is 11.4. The van der Waals surface area contributed by atoms with E-state index in [1.807, 2.05) is 17.5 Å². The quantitative estimate of drug-likeness (QED) is 0.721. The Bertz CT molecular complexity index is 290. The van der Waals surface area contributed by atoms with Crippen molar-refractivity contribution in [2.45, 2.75) is 18.4 Å². The van der Waals surface area contributed by atoms with Crippen molar-refractivity contribution >= 4 is 22.2 Å². The first-order valence-electron chi connectivity index (χ1n) is 3.85. The lowest BCUT2D eigenvalue weighted by atomic mass is 10.3. The fourth-order valence-electron chi connectivity index (χ4n) is 0.948. The number of nitrogens with two attached hydrogens (primary N) is 1. The van der Waals surface area contributed by atoms with Crippen molar-refractivity contribution in [3.8, 4) is 0 Å². The van der Waals surface area contributed by atoms with Crippen LogP contribution >= 0.6 is 11.3 Å². The molecule has 1 heterocycles. The van der Waals surface area contributed by atoms with Crippen LogP contribution in [0.1, 0.15) is 12.8 Å². The molecule has 2 rings (SSSR count). The summed E-state index contributed by atoms with van der Waals surface area (Å²) in [6, 6.07) is 3.77. The maximum atomic E-state index is 11.4. The van der Waals surface area contributed by atoms with Crippen molar-refractivity contribution in [1.82, 2.24) is 0 Å². The zero-order valence-electron chi connectivity index (χ0n) is 6.54. The van der Waals surface area contributed by atoms with Crippen LogP contribution in [0.15, 0.2) is 17.5 Å². The number of nitrogens with one attached hydrogen (secondary N) is 1. The van der Waals surface area contributed by atoms with Crippen molar-refractivity contribution in [2.75, 3.05) is 5.32 Å². The van der Waals surface area contributed by atoms with Crippen LogP contribution in [0, 0.1) is 0 Å². The molecule has 1 aliphatic rings. The summed E-state index contributed by atoms with van der Waals surface area (Å²) in [6.45, 7) is 0. The first-order chi connectivity index (χ1) is 5.71. The molecule has 1 aliphatic carbocycles. The van der Waals surface area contributed by atoms with E-state index in [9.17, 15) is 4.79 Å². The highest BCUT2D eigenvalue weighted by Gasteiger charge is 2.45. The van der Waals surface area contributed by atoms with Gasteiger partial charge >= 0.3 is 0 Å². The van der Waals surface area contributed by atoms with Gasteiger partial charge in [-0.2, -0.15) is 0 Å². The molecule has 0 atom stereocenters. The summed E-state index contributed by atoms with van der Waals surface area (Å²) < 4.78 is 0. The van der Waals surface area contributed by atoms with Crippen molar-refractivity contribution in [3.05, 3.63) is 17.5 Å². The molecule has 0 aromatic carbocycles. The van der Waals surface area contributed by atoms with Gasteiger partial charge in [-0.15, -0.1) is 11.3 Å². The molecular formula is C8H10N2OS. The average Bonchev–Trinajstić information content (AvgIpc) is 2.63. The number of carbonyl (C=O) groups is 1. The van der Waals surface area contributed by atoms with Crippen molar-refractivity contribution < 1.29 is 4.79 Å². The van der Waals surface area contributed by atoms with Gasteiger partial charge in [-0.3, -0.25) is 4.79 Å². The van der Waals surface area contributed by atoms with Crippen LogP contribution < -0.4 is 11.1 Å². The van der Waals surface area contributed by atoms with Crippen molar-refractivity contribution in [2.24, 2.45) is 5.73 Å². The molecule has 3 nitrogen and oxygen atoms in total. The Morgan fingerprint density at radius 3 is 2.92 bits per heavy atom. The Hall–Kier alpha value is -0.870. The molecule has 0 unspecified atom stereocenters. The van der Waals surface area contributed by atoms with Gasteiger partial charge in [0, 0.05) is 0 Å². The maximum absolute atomic E-state index is 11.4. The monoisotopic (exact) mass is 182 g/mol. The van der Waals surface area contributed by atoms with E-state index in [-0.39, 0.29) is 5.91 Å². The second kappa shape index (κ2) is 2.57. The molecule has 64 valence electrons. The largest absolute Gasteiger partial charge is 0.317 e. The van der Waals surface area contributed by atoms with Gasteiger partial charge in [0.2, 0.25) is 5.91 Å². The minimum absolute atomic E-state index is 0.0510. The lowest BCUT2D eigenvalue weighted by Gasteiger charge is -2.07. The predicted octanol–water partition coefficient (Wildman–Crippen LogP) is 1.18. The Labute approximate surface area is 74.6 Å². The van der Waals surface area contributed by atoms with Gasteiger partial charge < -0.3 is 11.1 Å². The van der Waals surface area contributed by atoms with Crippen LogP contribution in [-0.2, 0) is 4.79 Å². The van der Waals surface area contributed by atoms with Crippen molar-refractivity contribution in [1.29, 1.82) is 0 Å². The Kier molecular flexibility index (Phi) is 1.66. The van der Waals surface area contributed by atoms with E-state index in [2.05, 4.69) is 5.32 Å². The Morgan fingerprint density at radius 2 is 2.42 bits per heavy atom. The summed E-state index contributed by atoms with van der Waals surface area (Å²) in [5.41, 5.74) is 5.13. The van der Waals surface area contributed by atoms with E-state index < -0.39 is 5.54 Å². The predicted molar refractivity (Wildman–Crippen MR) is 49.1 cm³/mol. The Morgan fingerprint density at radius 1 is 1.67 bits per heavy atom. The normalized spacial score (nSPS) is 18.8. The minimum atomic E-state index is -0.565. The number of amides is 1. The fourth-order valence-corrected chi connectivity index (χ4v) is 1.56. The molecule has 0 aliphatic heterocycles. The molecule has 1 amide bonds. The van der Waals surface area contributed by atoms with E-state index in [1.54, 1.807) is 0 Å². The molecular weight excluding hydrogens is 172 g/mol. The van der Waals surface area contributed by atoms with Gasteiger partial charge in [-0.1, -0.05) is 0 Å². The molecule has 12 heavy (non-hydrogen) atoms. The first-order valence-corrected chi connectivity index (χ1v) is 4.72. The number of hydrogen-bond acceptors (Lipinski definition) is 3. The molecule has 1 aromatic heterocycles. The van der Waals surface area contributed by atoms with Crippen LogP contribution in [0.25, 0.3) is 0 Å². The smallest absolute Gasteiger partial charge is 0.245 e. The second-order valence-corrected chi connectivity index (χ2v) is 4.04. The van der Waals surface area contributed by atoms with E-state index in [0.29, 0.717) is 0 Å². The van der Waals surface area contributed by atoms with Crippen LogP contribution in [0.4, 0.5) is 5.00 Å². The summed E-state index contributed by atoms with van der Waals surface area (Å²) >= 11 is 1.51. The average molecular weight is 182 g/mol. The number of thiophene rings is 1. The van der Waals surface area contributed by atoms with E-state index in [0.717, 1.165) is 17.8 Å². The third-order valence-electron chi connectivity index (χ3n) is 2.00. The van der Waals surface area contributed by atoms with Gasteiger partial charge in [-0.05, 0) is 30.4 Å². The first kappa shape index (κ1) is 7.76. The highest BCUT2D eigenvalue weighted by Crippen LogP contribution is 2.33. The van der Waals surface area contributed by atoms with Crippen molar-refractivity contribution in [3.63, 3.8) is 0 Å². The zero-order chi connectivity index (χ0) is 8.60. The lowest BCUT2D eigenvalue weighted by Crippen LogP contribution is -2.37. The van der Waals surface area contributed by atoms with Crippen LogP contribution in [0.5, 0.6) is 0 Å². The van der Waals surface area contributed by atoms with E-state index in [4.69, 9.17) is 5.73 Å². The highest BCUT2D eigenvalue weighted by molar-refractivity contribution is 7.14. The second-order valence-electron chi connectivity index (χ2n) is 3.09. The van der Waals surface area contributed by atoms with Crippen LogP contribution in [-0.4, -0.2) is 11.4 Å². The van der Waals surface area contributed by atoms with Gasteiger partial charge in [-0.25, -0.2) is 0 Å². The van der Waals surface area contributed by atoms with Gasteiger partial charge in [0.25, 0.3) is 0 Å². The molecule has 1 fully saturated rings. The molecule has 0 bridgehead atoms. The van der Waals surface area contributed by atoms with Gasteiger partial charge in [0.15, 0.2) is 0 Å². The zero-order valence-corrected chi connectivity index (χ0v) is 7.36. The standard InChI is InChI=1S/C8H10N2OS/c9-8(3-4-8)7(11)10-6-2-1-5-12-6/h1-2,5H,3-4,9H2,(H,10,11). The number of rotatable bonds is 2. The number of hydrogen-bond donors (Lipinski definition) is 2. The van der Waals surface area contributed by atoms with E-state index >= 15 is 0 Å². The highest BCUT2D eigenvalue weighted by atomic mass is 32.1. The molecule has 3 N–H and O–H groups in total. The summed E-state index contributed by atoms with van der Waals surface area (Å²) in [5, 5.41) is 5.57. The molecule has 1 aromatic rings. The molecule has 0 spiro atoms. The number of anilines is 1. The third kappa shape index (κ3) is 1.35. The summed E-state index contributed by atoms with van der Waals surface area (Å²) in [6.07, 6.45) is 1.62. The maximum Gasteiger partial charge on any atom is 0.245 e. The fraction of sp³-hybridized carbons (Fsp3) is 0.375. The summed E-state index contributed by atoms with van der Waals surface area (Å²) in [5.74, 6) is -0.0510. The topological polar surface area (TPSA) is 55.1 Å². The lowest BCUT2D eigenvalue weighted by molar-refractivity contribution is -0.118. The minimum Gasteiger partial charge on any atom is -0.317 e. The van der Waals surface area contributed by atoms with Gasteiger partial charge in [0.1, 0.15) is 0 Å². The number of carbonyl (C=O) groups excluding carboxylic acids is 1. The third-order valence-corrected chi connectivity index (χ3v) is 2.78.